The highest BCUT2D eigenvalue weighted by Gasteiger charge is 2.46. The lowest BCUT2D eigenvalue weighted by atomic mass is 9.98. The van der Waals surface area contributed by atoms with Crippen LogP contribution in [0.1, 0.15) is 0 Å². The Morgan fingerprint density at radius 1 is 0.892 bits per heavy atom. The van der Waals surface area contributed by atoms with Crippen LogP contribution in [-0.2, 0) is 9.47 Å². The summed E-state index contributed by atoms with van der Waals surface area (Å²) in [6.07, 6.45) is -12.1. The van der Waals surface area contributed by atoms with Crippen molar-refractivity contribution in [2.75, 3.05) is 24.1 Å². The van der Waals surface area contributed by atoms with Crippen LogP contribution < -0.4 is 10.9 Å². The number of hydrazone groups is 2. The van der Waals surface area contributed by atoms with Gasteiger partial charge in [0.1, 0.15) is 48.4 Å². The number of aliphatic hydroxyl groups is 7. The second kappa shape index (κ2) is 14.1. The minimum atomic E-state index is -1.80. The zero-order chi connectivity index (χ0) is 26.8. The summed E-state index contributed by atoms with van der Waals surface area (Å²) in [6.45, 7) is -1.55. The highest BCUT2D eigenvalue weighted by molar-refractivity contribution is 6.33. The number of anilines is 2. The number of nitrogens with zero attached hydrogens (tertiary/aromatic N) is 2. The van der Waals surface area contributed by atoms with Crippen molar-refractivity contribution in [2.24, 2.45) is 10.2 Å². The quantitative estimate of drug-likeness (QED) is 0.116. The summed E-state index contributed by atoms with van der Waals surface area (Å²) < 4.78 is 10.9. The smallest absolute Gasteiger partial charge is 0.187 e. The van der Waals surface area contributed by atoms with E-state index in [4.69, 9.17) is 9.47 Å². The first-order valence-corrected chi connectivity index (χ1v) is 11.5. The summed E-state index contributed by atoms with van der Waals surface area (Å²) >= 11 is 0. The molecule has 3 rings (SSSR count). The fraction of sp³-hybridized carbons (Fsp3) is 0.417. The van der Waals surface area contributed by atoms with E-state index in [2.05, 4.69) is 21.1 Å². The van der Waals surface area contributed by atoms with Crippen molar-refractivity contribution < 1.29 is 45.2 Å². The molecule has 202 valence electrons. The van der Waals surface area contributed by atoms with Crippen molar-refractivity contribution in [1.29, 1.82) is 0 Å². The third-order valence-corrected chi connectivity index (χ3v) is 5.57. The first-order valence-electron chi connectivity index (χ1n) is 11.5. The van der Waals surface area contributed by atoms with Crippen LogP contribution in [0, 0.1) is 0 Å². The molecule has 0 bridgehead atoms. The van der Waals surface area contributed by atoms with Crippen molar-refractivity contribution >= 4 is 23.3 Å². The average Bonchev–Trinajstić information content (AvgIpc) is 2.93. The predicted octanol–water partition coefficient (Wildman–Crippen LogP) is -1.55. The molecule has 0 saturated carbocycles. The molecule has 1 fully saturated rings. The first kappa shape index (κ1) is 28.6. The van der Waals surface area contributed by atoms with E-state index in [1.54, 1.807) is 54.6 Å². The number of nitrogens with one attached hydrogen (secondary N) is 2. The lowest BCUT2D eigenvalue weighted by Crippen LogP contribution is -2.61. The van der Waals surface area contributed by atoms with Gasteiger partial charge in [-0.25, -0.2) is 0 Å². The van der Waals surface area contributed by atoms with E-state index in [-0.39, 0.29) is 5.71 Å². The molecule has 2 aromatic rings. The van der Waals surface area contributed by atoms with E-state index in [1.165, 1.54) is 6.21 Å². The molecule has 13 heteroatoms. The fourth-order valence-electron chi connectivity index (χ4n) is 3.48. The zero-order valence-corrected chi connectivity index (χ0v) is 19.7. The molecule has 9 N–H and O–H groups in total. The molecule has 1 aliphatic heterocycles. The van der Waals surface area contributed by atoms with E-state index in [9.17, 15) is 35.7 Å². The van der Waals surface area contributed by atoms with Crippen molar-refractivity contribution in [2.45, 2.75) is 49.0 Å². The van der Waals surface area contributed by atoms with E-state index >= 15 is 0 Å². The minimum absolute atomic E-state index is 0.144. The van der Waals surface area contributed by atoms with Crippen molar-refractivity contribution in [3.63, 3.8) is 0 Å². The maximum Gasteiger partial charge on any atom is 0.187 e. The second-order valence-electron chi connectivity index (χ2n) is 8.24. The van der Waals surface area contributed by atoms with Gasteiger partial charge in [0.15, 0.2) is 6.29 Å². The maximum atomic E-state index is 11.1. The average molecular weight is 521 g/mol. The Labute approximate surface area is 212 Å². The summed E-state index contributed by atoms with van der Waals surface area (Å²) in [5.41, 5.74) is 6.59. The van der Waals surface area contributed by atoms with Crippen LogP contribution in [0.3, 0.4) is 0 Å². The number of rotatable bonds is 12. The molecule has 13 nitrogen and oxygen atoms in total. The van der Waals surface area contributed by atoms with E-state index in [0.717, 1.165) is 0 Å². The lowest BCUT2D eigenvalue weighted by Gasteiger charge is -2.41. The molecule has 0 aliphatic carbocycles. The van der Waals surface area contributed by atoms with Crippen LogP contribution in [0.25, 0.3) is 0 Å². The molecule has 0 spiro atoms. The second-order valence-corrected chi connectivity index (χ2v) is 8.24. The zero-order valence-electron chi connectivity index (χ0n) is 19.7. The highest BCUT2D eigenvalue weighted by Crippen LogP contribution is 2.24. The molecule has 0 radical (unpaired) electrons. The predicted molar refractivity (Wildman–Crippen MR) is 134 cm³/mol. The van der Waals surface area contributed by atoms with Gasteiger partial charge in [-0.05, 0) is 24.3 Å². The number of aliphatic hydroxyl groups excluding tert-OH is 7. The Hall–Kier alpha value is -2.98. The van der Waals surface area contributed by atoms with Crippen LogP contribution in [0.5, 0.6) is 0 Å². The molecule has 1 saturated heterocycles. The van der Waals surface area contributed by atoms with Crippen molar-refractivity contribution in [3.05, 3.63) is 60.7 Å². The van der Waals surface area contributed by atoms with Gasteiger partial charge in [-0.3, -0.25) is 10.9 Å². The van der Waals surface area contributed by atoms with Gasteiger partial charge < -0.3 is 45.2 Å². The number of hydrogen-bond acceptors (Lipinski definition) is 13. The fourth-order valence-corrected chi connectivity index (χ4v) is 3.48. The maximum absolute atomic E-state index is 11.1. The summed E-state index contributed by atoms with van der Waals surface area (Å²) in [5, 5.41) is 79.1. The van der Waals surface area contributed by atoms with Gasteiger partial charge in [0.25, 0.3) is 0 Å². The van der Waals surface area contributed by atoms with Crippen molar-refractivity contribution in [3.8, 4) is 0 Å². The van der Waals surface area contributed by atoms with Crippen molar-refractivity contribution in [1.82, 2.24) is 0 Å². The SMILES string of the molecule is OC[C@@H](O)[C@H](O[C@@H]1O[C@H](CO)[C@@H](O)[C@H](O)[C@H]1O)[C@@H](O)C(/C=N/Nc1ccccc1)=N/Nc1ccccc1. The van der Waals surface area contributed by atoms with Gasteiger partial charge in [0.05, 0.1) is 30.8 Å². The van der Waals surface area contributed by atoms with Gasteiger partial charge in [-0.15, -0.1) is 0 Å². The van der Waals surface area contributed by atoms with Gasteiger partial charge in [-0.2, -0.15) is 10.2 Å². The van der Waals surface area contributed by atoms with Gasteiger partial charge in [0.2, 0.25) is 0 Å². The monoisotopic (exact) mass is 520 g/mol. The number of ether oxygens (including phenoxy) is 2. The molecule has 0 aromatic heterocycles. The van der Waals surface area contributed by atoms with Crippen LogP contribution in [0.2, 0.25) is 0 Å². The van der Waals surface area contributed by atoms with E-state index < -0.39 is 62.2 Å². The summed E-state index contributed by atoms with van der Waals surface area (Å²) in [4.78, 5) is 0. The van der Waals surface area contributed by atoms with Crippen LogP contribution in [-0.4, -0.2) is 110 Å². The van der Waals surface area contributed by atoms with Gasteiger partial charge >= 0.3 is 0 Å². The Kier molecular flexibility index (Phi) is 10.9. The number of hydrogen-bond donors (Lipinski definition) is 9. The normalized spacial score (nSPS) is 27.0. The third kappa shape index (κ3) is 7.75. The standard InChI is InChI=1S/C24H32N4O9/c29-12-17(31)23(37-24-22(35)21(34)20(33)18(13-30)36-24)19(32)16(28-27-15-9-5-2-6-10-15)11-25-26-14-7-3-1-4-8-14/h1-11,17-24,26-27,29-35H,12-13H2/b25-11+,28-16+/t17-,18-,19+,20-,21+,22-,23+,24+/m1/s1. The third-order valence-electron chi connectivity index (χ3n) is 5.57. The van der Waals surface area contributed by atoms with Crippen LogP contribution >= 0.6 is 0 Å². The largest absolute Gasteiger partial charge is 0.394 e. The molecule has 2 aromatic carbocycles. The van der Waals surface area contributed by atoms with Crippen LogP contribution in [0.15, 0.2) is 70.9 Å². The topological polar surface area (TPSA) is 209 Å². The lowest BCUT2D eigenvalue weighted by molar-refractivity contribution is -0.322. The number of benzene rings is 2. The minimum Gasteiger partial charge on any atom is -0.394 e. The molecule has 1 heterocycles. The number of para-hydroxylation sites is 2. The van der Waals surface area contributed by atoms with E-state index in [1.807, 2.05) is 6.07 Å². The Morgan fingerprint density at radius 2 is 1.49 bits per heavy atom. The molecule has 8 atom stereocenters. The molecular weight excluding hydrogens is 488 g/mol. The summed E-state index contributed by atoms with van der Waals surface area (Å²) in [7, 11) is 0. The Morgan fingerprint density at radius 3 is 2.05 bits per heavy atom. The molecule has 37 heavy (non-hydrogen) atoms. The van der Waals surface area contributed by atoms with Gasteiger partial charge in [-0.1, -0.05) is 36.4 Å². The first-order chi connectivity index (χ1) is 17.8. The van der Waals surface area contributed by atoms with Gasteiger partial charge in [0, 0.05) is 0 Å². The summed E-state index contributed by atoms with van der Waals surface area (Å²) in [6, 6.07) is 17.7. The molecule has 0 amide bonds. The Bertz CT molecular complexity index is 996. The Balaban J connectivity index is 1.85. The molecule has 0 unspecified atom stereocenters. The molecule has 1 aliphatic rings. The van der Waals surface area contributed by atoms with Crippen LogP contribution in [0.4, 0.5) is 11.4 Å². The van der Waals surface area contributed by atoms with E-state index in [0.29, 0.717) is 11.4 Å². The summed E-state index contributed by atoms with van der Waals surface area (Å²) in [5.74, 6) is 0. The molecular formula is C24H32N4O9. The highest BCUT2D eigenvalue weighted by atomic mass is 16.7.